The largest absolute Gasteiger partial charge is 0.486 e. The number of hydrogen-bond acceptors (Lipinski definition) is 3. The van der Waals surface area contributed by atoms with Gasteiger partial charge >= 0.3 is 0 Å². The molecule has 0 radical (unpaired) electrons. The van der Waals surface area contributed by atoms with Crippen LogP contribution in [0.5, 0.6) is 11.5 Å². The van der Waals surface area contributed by atoms with Crippen molar-refractivity contribution < 1.29 is 13.9 Å². The van der Waals surface area contributed by atoms with Gasteiger partial charge in [-0.1, -0.05) is 23.7 Å². The van der Waals surface area contributed by atoms with Crippen molar-refractivity contribution in [2.45, 2.75) is 12.3 Å². The highest BCUT2D eigenvalue weighted by atomic mass is 35.5. The zero-order valence-electron chi connectivity index (χ0n) is 11.7. The lowest BCUT2D eigenvalue weighted by atomic mass is 9.92. The Morgan fingerprint density at radius 2 is 1.95 bits per heavy atom. The molecule has 0 spiro atoms. The van der Waals surface area contributed by atoms with Crippen LogP contribution >= 0.6 is 11.6 Å². The number of fused-ring (bicyclic) bond motifs is 1. The maximum absolute atomic E-state index is 14.0. The van der Waals surface area contributed by atoms with Crippen molar-refractivity contribution in [1.82, 2.24) is 0 Å². The van der Waals surface area contributed by atoms with Gasteiger partial charge < -0.3 is 9.47 Å². The van der Waals surface area contributed by atoms with Crippen molar-refractivity contribution in [1.29, 1.82) is 5.26 Å². The van der Waals surface area contributed by atoms with Gasteiger partial charge in [0.15, 0.2) is 11.5 Å². The van der Waals surface area contributed by atoms with Crippen LogP contribution in [0.4, 0.5) is 4.39 Å². The molecule has 3 nitrogen and oxygen atoms in total. The van der Waals surface area contributed by atoms with Gasteiger partial charge in [-0.05, 0) is 36.2 Å². The first-order valence-electron chi connectivity index (χ1n) is 6.91. The number of hydrogen-bond donors (Lipinski definition) is 0. The van der Waals surface area contributed by atoms with E-state index >= 15 is 0 Å². The second kappa shape index (κ2) is 6.25. The van der Waals surface area contributed by atoms with Crippen LogP contribution in [0.2, 0.25) is 5.02 Å². The molecule has 2 aromatic rings. The highest BCUT2D eigenvalue weighted by Gasteiger charge is 2.20. The smallest absolute Gasteiger partial charge is 0.161 e. The van der Waals surface area contributed by atoms with Gasteiger partial charge in [-0.15, -0.1) is 0 Å². The normalized spacial score (nSPS) is 14.2. The van der Waals surface area contributed by atoms with Crippen molar-refractivity contribution in [2.24, 2.45) is 0 Å². The molecule has 0 saturated heterocycles. The molecule has 0 N–H and O–H groups in total. The minimum Gasteiger partial charge on any atom is -0.486 e. The Bertz CT molecular complexity index is 722. The zero-order valence-corrected chi connectivity index (χ0v) is 12.4. The van der Waals surface area contributed by atoms with E-state index in [1.807, 2.05) is 12.1 Å². The average Bonchev–Trinajstić information content (AvgIpc) is 2.53. The van der Waals surface area contributed by atoms with E-state index in [0.717, 1.165) is 5.56 Å². The highest BCUT2D eigenvalue weighted by molar-refractivity contribution is 6.31. The van der Waals surface area contributed by atoms with Gasteiger partial charge in [0, 0.05) is 10.6 Å². The van der Waals surface area contributed by atoms with Crippen LogP contribution in [0, 0.1) is 17.1 Å². The van der Waals surface area contributed by atoms with E-state index in [1.54, 1.807) is 12.1 Å². The van der Waals surface area contributed by atoms with Gasteiger partial charge in [-0.3, -0.25) is 0 Å². The van der Waals surface area contributed by atoms with Crippen LogP contribution in [-0.2, 0) is 6.42 Å². The molecule has 2 aromatic carbocycles. The van der Waals surface area contributed by atoms with Crippen LogP contribution in [0.25, 0.3) is 0 Å². The minimum absolute atomic E-state index is 0.238. The monoisotopic (exact) mass is 317 g/mol. The first kappa shape index (κ1) is 14.7. The number of nitrogens with zero attached hydrogens (tertiary/aromatic N) is 1. The summed E-state index contributed by atoms with van der Waals surface area (Å²) in [6, 6.07) is 12.1. The summed E-state index contributed by atoms with van der Waals surface area (Å²) in [5, 5.41) is 9.66. The number of benzene rings is 2. The Hall–Kier alpha value is -2.25. The number of rotatable bonds is 3. The lowest BCUT2D eigenvalue weighted by Gasteiger charge is -2.19. The van der Waals surface area contributed by atoms with E-state index < -0.39 is 11.7 Å². The summed E-state index contributed by atoms with van der Waals surface area (Å²) in [6.45, 7) is 1.02. The number of halogens is 2. The van der Waals surface area contributed by atoms with Gasteiger partial charge in [0.25, 0.3) is 0 Å². The summed E-state index contributed by atoms with van der Waals surface area (Å²) in [7, 11) is 0. The van der Waals surface area contributed by atoms with E-state index in [2.05, 4.69) is 6.07 Å². The van der Waals surface area contributed by atoms with Crippen molar-refractivity contribution in [3.05, 3.63) is 58.4 Å². The maximum atomic E-state index is 14.0. The van der Waals surface area contributed by atoms with Crippen LogP contribution in [0.1, 0.15) is 17.0 Å². The predicted molar refractivity (Wildman–Crippen MR) is 80.9 cm³/mol. The molecule has 0 bridgehead atoms. The van der Waals surface area contributed by atoms with E-state index in [1.165, 1.54) is 12.1 Å². The number of ether oxygens (including phenoxy) is 2. The van der Waals surface area contributed by atoms with Gasteiger partial charge in [-0.2, -0.15) is 5.26 Å². The fourth-order valence-electron chi connectivity index (χ4n) is 2.51. The molecule has 112 valence electrons. The molecule has 0 aromatic heterocycles. The molecule has 0 fully saturated rings. The Labute approximate surface area is 132 Å². The molecule has 1 aliphatic heterocycles. The third kappa shape index (κ3) is 2.86. The fraction of sp³-hybridized carbons (Fsp3) is 0.235. The molecule has 1 aliphatic rings. The van der Waals surface area contributed by atoms with Crippen molar-refractivity contribution in [2.75, 3.05) is 13.2 Å². The van der Waals surface area contributed by atoms with Gasteiger partial charge in [0.2, 0.25) is 0 Å². The molecule has 0 aliphatic carbocycles. The summed E-state index contributed by atoms with van der Waals surface area (Å²) < 4.78 is 25.0. The second-order valence-electron chi connectivity index (χ2n) is 5.00. The van der Waals surface area contributed by atoms with E-state index in [0.29, 0.717) is 31.1 Å². The third-order valence-corrected chi connectivity index (χ3v) is 3.88. The summed E-state index contributed by atoms with van der Waals surface area (Å²) >= 11 is 6.05. The van der Waals surface area contributed by atoms with E-state index in [9.17, 15) is 9.65 Å². The van der Waals surface area contributed by atoms with Crippen molar-refractivity contribution in [3.63, 3.8) is 0 Å². The molecular weight excluding hydrogens is 305 g/mol. The summed E-state index contributed by atoms with van der Waals surface area (Å²) in [4.78, 5) is 0. The zero-order chi connectivity index (χ0) is 15.5. The fourth-order valence-corrected chi connectivity index (χ4v) is 2.80. The molecule has 1 atom stereocenters. The maximum Gasteiger partial charge on any atom is 0.161 e. The molecule has 1 unspecified atom stereocenters. The Morgan fingerprint density at radius 1 is 1.18 bits per heavy atom. The highest BCUT2D eigenvalue weighted by Crippen LogP contribution is 2.34. The summed E-state index contributed by atoms with van der Waals surface area (Å²) in [5.41, 5.74) is 1.11. The predicted octanol–water partition coefficient (Wildman–Crippen LogP) is 4.10. The average molecular weight is 318 g/mol. The molecule has 5 heteroatoms. The Kier molecular flexibility index (Phi) is 4.17. The quantitative estimate of drug-likeness (QED) is 0.856. The summed E-state index contributed by atoms with van der Waals surface area (Å²) in [5.74, 6) is 0.223. The molecular formula is C17H13ClFNO2. The molecule has 0 saturated carbocycles. The third-order valence-electron chi connectivity index (χ3n) is 3.55. The Morgan fingerprint density at radius 3 is 2.68 bits per heavy atom. The first-order chi connectivity index (χ1) is 10.7. The van der Waals surface area contributed by atoms with Crippen molar-refractivity contribution in [3.8, 4) is 17.6 Å². The van der Waals surface area contributed by atoms with Gasteiger partial charge in [-0.25, -0.2) is 4.39 Å². The molecule has 22 heavy (non-hydrogen) atoms. The van der Waals surface area contributed by atoms with E-state index in [4.69, 9.17) is 21.1 Å². The van der Waals surface area contributed by atoms with Gasteiger partial charge in [0.1, 0.15) is 19.0 Å². The topological polar surface area (TPSA) is 42.2 Å². The minimum atomic E-state index is -0.656. The molecule has 1 heterocycles. The molecule has 3 rings (SSSR count). The van der Waals surface area contributed by atoms with Crippen LogP contribution < -0.4 is 9.47 Å². The first-order valence-corrected chi connectivity index (χ1v) is 7.29. The lowest BCUT2D eigenvalue weighted by molar-refractivity contribution is 0.171. The standard InChI is InChI=1S/C17H13ClFNO2/c18-13-2-1-3-14(19)17(13)12(10-20)8-11-4-5-15-16(9-11)22-7-6-21-15/h1-5,9,12H,6-8H2. The molecule has 0 amide bonds. The number of nitriles is 1. The second-order valence-corrected chi connectivity index (χ2v) is 5.41. The van der Waals surface area contributed by atoms with Gasteiger partial charge in [0.05, 0.1) is 12.0 Å². The van der Waals surface area contributed by atoms with E-state index in [-0.39, 0.29) is 10.6 Å². The van der Waals surface area contributed by atoms with Crippen LogP contribution in [0.3, 0.4) is 0 Å². The summed E-state index contributed by atoms with van der Waals surface area (Å²) in [6.07, 6.45) is 0.355. The lowest BCUT2D eigenvalue weighted by Crippen LogP contribution is -2.15. The van der Waals surface area contributed by atoms with Crippen LogP contribution in [0.15, 0.2) is 36.4 Å². The van der Waals surface area contributed by atoms with Crippen molar-refractivity contribution >= 4 is 11.6 Å². The SMILES string of the molecule is N#CC(Cc1ccc2c(c1)OCCO2)c1c(F)cccc1Cl. The van der Waals surface area contributed by atoms with Crippen LogP contribution in [-0.4, -0.2) is 13.2 Å². The Balaban J connectivity index is 1.89.